The van der Waals surface area contributed by atoms with E-state index < -0.39 is 0 Å². The molecule has 0 bridgehead atoms. The van der Waals surface area contributed by atoms with Gasteiger partial charge in [0.2, 0.25) is 0 Å². The highest BCUT2D eigenvalue weighted by molar-refractivity contribution is 6.20. The Balaban J connectivity index is 2.16. The minimum absolute atomic E-state index is 0.0834. The van der Waals surface area contributed by atoms with Crippen LogP contribution in [0.4, 0.5) is 0 Å². The van der Waals surface area contributed by atoms with Crippen LogP contribution in [0.1, 0.15) is 49.5 Å². The number of alkyl halides is 1. The summed E-state index contributed by atoms with van der Waals surface area (Å²) in [5.41, 5.74) is 3.49. The molecular formula is C16H21ClN2O. The summed E-state index contributed by atoms with van der Waals surface area (Å²) in [6.07, 6.45) is 2.35. The fourth-order valence-electron chi connectivity index (χ4n) is 3.15. The Hall–Kier alpha value is -1.06. The molecule has 0 radical (unpaired) electrons. The Bertz CT molecular complexity index is 620. The third kappa shape index (κ3) is 2.33. The van der Waals surface area contributed by atoms with Crippen molar-refractivity contribution in [2.24, 2.45) is 0 Å². The predicted molar refractivity (Wildman–Crippen MR) is 82.4 cm³/mol. The van der Waals surface area contributed by atoms with Crippen LogP contribution in [0.2, 0.25) is 0 Å². The minimum atomic E-state index is -0.0834. The van der Waals surface area contributed by atoms with Crippen molar-refractivity contribution >= 4 is 22.6 Å². The van der Waals surface area contributed by atoms with Crippen molar-refractivity contribution in [2.75, 3.05) is 6.61 Å². The molecule has 1 aromatic heterocycles. The lowest BCUT2D eigenvalue weighted by Gasteiger charge is -2.30. The van der Waals surface area contributed by atoms with Gasteiger partial charge >= 0.3 is 0 Å². The molecule has 0 aliphatic carbocycles. The van der Waals surface area contributed by atoms with Crippen molar-refractivity contribution in [2.45, 2.75) is 51.1 Å². The molecule has 1 aromatic carbocycles. The molecule has 4 heteroatoms. The lowest BCUT2D eigenvalue weighted by molar-refractivity contribution is 0.00621. The molecule has 3 unspecified atom stereocenters. The van der Waals surface area contributed by atoms with Gasteiger partial charge in [0.15, 0.2) is 0 Å². The highest BCUT2D eigenvalue weighted by Gasteiger charge is 2.26. The molecule has 0 amide bonds. The Labute approximate surface area is 124 Å². The van der Waals surface area contributed by atoms with Crippen molar-refractivity contribution < 1.29 is 4.74 Å². The van der Waals surface area contributed by atoms with Gasteiger partial charge in [-0.25, -0.2) is 4.98 Å². The van der Waals surface area contributed by atoms with Crippen molar-refractivity contribution in [3.63, 3.8) is 0 Å². The fourth-order valence-corrected chi connectivity index (χ4v) is 3.30. The van der Waals surface area contributed by atoms with E-state index >= 15 is 0 Å². The van der Waals surface area contributed by atoms with Gasteiger partial charge in [-0.1, -0.05) is 12.1 Å². The second kappa shape index (κ2) is 5.38. The maximum atomic E-state index is 6.37. The second-order valence-electron chi connectivity index (χ2n) is 5.76. The zero-order valence-electron chi connectivity index (χ0n) is 12.3. The number of imidazole rings is 1. The Morgan fingerprint density at radius 3 is 2.95 bits per heavy atom. The van der Waals surface area contributed by atoms with Crippen molar-refractivity contribution in [3.8, 4) is 0 Å². The number of fused-ring (bicyclic) bond motifs is 1. The SMILES string of the molecule is Cc1cccc2c1nc(C(C)Cl)n2C1CCOC(C)C1. The first-order valence-electron chi connectivity index (χ1n) is 7.31. The number of aryl methyl sites for hydroxylation is 1. The zero-order valence-corrected chi connectivity index (χ0v) is 13.0. The third-order valence-corrected chi connectivity index (χ3v) is 4.32. The lowest BCUT2D eigenvalue weighted by Crippen LogP contribution is -2.26. The van der Waals surface area contributed by atoms with E-state index in [1.54, 1.807) is 0 Å². The molecule has 3 atom stereocenters. The number of para-hydroxylation sites is 1. The van der Waals surface area contributed by atoms with Crippen molar-refractivity contribution in [1.29, 1.82) is 0 Å². The summed E-state index contributed by atoms with van der Waals surface area (Å²) < 4.78 is 8.02. The van der Waals surface area contributed by atoms with Crippen LogP contribution in [0.15, 0.2) is 18.2 Å². The number of hydrogen-bond donors (Lipinski definition) is 0. The number of halogens is 1. The summed E-state index contributed by atoms with van der Waals surface area (Å²) in [4.78, 5) is 4.80. The summed E-state index contributed by atoms with van der Waals surface area (Å²) >= 11 is 6.37. The summed E-state index contributed by atoms with van der Waals surface area (Å²) in [6, 6.07) is 6.79. The van der Waals surface area contributed by atoms with E-state index in [2.05, 4.69) is 36.6 Å². The largest absolute Gasteiger partial charge is 0.378 e. The molecule has 108 valence electrons. The van der Waals surface area contributed by atoms with Crippen LogP contribution in [0.5, 0.6) is 0 Å². The van der Waals surface area contributed by atoms with Gasteiger partial charge in [0.05, 0.1) is 22.5 Å². The molecule has 1 fully saturated rings. The molecule has 20 heavy (non-hydrogen) atoms. The first-order chi connectivity index (χ1) is 9.58. The van der Waals surface area contributed by atoms with Crippen molar-refractivity contribution in [3.05, 3.63) is 29.6 Å². The number of nitrogens with zero attached hydrogens (tertiary/aromatic N) is 2. The summed E-state index contributed by atoms with van der Waals surface area (Å²) in [5, 5.41) is -0.0834. The quantitative estimate of drug-likeness (QED) is 0.768. The highest BCUT2D eigenvalue weighted by Crippen LogP contribution is 2.34. The summed E-state index contributed by atoms with van der Waals surface area (Å²) in [5.74, 6) is 0.982. The van der Waals surface area contributed by atoms with Crippen LogP contribution < -0.4 is 0 Å². The molecule has 3 rings (SSSR count). The van der Waals surface area contributed by atoms with Crippen LogP contribution in [0, 0.1) is 6.92 Å². The van der Waals surface area contributed by atoms with Gasteiger partial charge in [-0.15, -0.1) is 11.6 Å². The van der Waals surface area contributed by atoms with E-state index in [9.17, 15) is 0 Å². The standard InChI is InChI=1S/C16H21ClN2O/c1-10-5-4-6-14-15(10)18-16(12(3)17)19(14)13-7-8-20-11(2)9-13/h4-6,11-13H,7-9H2,1-3H3. The molecular weight excluding hydrogens is 272 g/mol. The number of aromatic nitrogens is 2. The fraction of sp³-hybridized carbons (Fsp3) is 0.562. The Morgan fingerprint density at radius 1 is 1.45 bits per heavy atom. The number of benzene rings is 1. The van der Waals surface area contributed by atoms with Gasteiger partial charge in [-0.05, 0) is 45.2 Å². The summed E-state index contributed by atoms with van der Waals surface area (Å²) in [7, 11) is 0. The van der Waals surface area contributed by atoms with Gasteiger partial charge in [0.1, 0.15) is 5.82 Å². The molecule has 0 N–H and O–H groups in total. The Morgan fingerprint density at radius 2 is 2.25 bits per heavy atom. The number of rotatable bonds is 2. The van der Waals surface area contributed by atoms with Crippen LogP contribution >= 0.6 is 11.6 Å². The molecule has 1 aliphatic heterocycles. The number of ether oxygens (including phenoxy) is 1. The molecule has 2 heterocycles. The zero-order chi connectivity index (χ0) is 14.3. The monoisotopic (exact) mass is 292 g/mol. The maximum absolute atomic E-state index is 6.37. The van der Waals surface area contributed by atoms with Gasteiger partial charge in [-0.3, -0.25) is 0 Å². The summed E-state index contributed by atoms with van der Waals surface area (Å²) in [6.45, 7) is 7.06. The minimum Gasteiger partial charge on any atom is -0.378 e. The first-order valence-corrected chi connectivity index (χ1v) is 7.74. The van der Waals surface area contributed by atoms with E-state index in [4.69, 9.17) is 21.3 Å². The Kier molecular flexibility index (Phi) is 3.74. The van der Waals surface area contributed by atoms with Crippen LogP contribution in [-0.2, 0) is 4.74 Å². The average molecular weight is 293 g/mol. The van der Waals surface area contributed by atoms with Gasteiger partial charge < -0.3 is 9.30 Å². The molecule has 0 spiro atoms. The predicted octanol–water partition coefficient (Wildman–Crippen LogP) is 4.38. The number of hydrogen-bond acceptors (Lipinski definition) is 2. The highest BCUT2D eigenvalue weighted by atomic mass is 35.5. The third-order valence-electron chi connectivity index (χ3n) is 4.13. The van der Waals surface area contributed by atoms with E-state index in [0.29, 0.717) is 12.1 Å². The second-order valence-corrected chi connectivity index (χ2v) is 6.41. The van der Waals surface area contributed by atoms with Gasteiger partial charge in [0.25, 0.3) is 0 Å². The smallest absolute Gasteiger partial charge is 0.127 e. The molecule has 2 aromatic rings. The van der Waals surface area contributed by atoms with Crippen LogP contribution in [-0.4, -0.2) is 22.3 Å². The van der Waals surface area contributed by atoms with Gasteiger partial charge in [-0.2, -0.15) is 0 Å². The van der Waals surface area contributed by atoms with E-state index in [1.165, 1.54) is 11.1 Å². The van der Waals surface area contributed by atoms with Crippen LogP contribution in [0.3, 0.4) is 0 Å². The molecule has 3 nitrogen and oxygen atoms in total. The van der Waals surface area contributed by atoms with E-state index in [-0.39, 0.29) is 5.38 Å². The van der Waals surface area contributed by atoms with E-state index in [0.717, 1.165) is 30.8 Å². The normalized spacial score (nSPS) is 25.0. The van der Waals surface area contributed by atoms with Crippen molar-refractivity contribution in [1.82, 2.24) is 9.55 Å². The lowest BCUT2D eigenvalue weighted by atomic mass is 10.0. The maximum Gasteiger partial charge on any atom is 0.127 e. The van der Waals surface area contributed by atoms with Crippen LogP contribution in [0.25, 0.3) is 11.0 Å². The van der Waals surface area contributed by atoms with Gasteiger partial charge in [0, 0.05) is 12.6 Å². The first kappa shape index (κ1) is 13.9. The van der Waals surface area contributed by atoms with E-state index in [1.807, 2.05) is 6.92 Å². The average Bonchev–Trinajstić information content (AvgIpc) is 2.80. The molecule has 0 saturated carbocycles. The molecule has 1 saturated heterocycles. The molecule has 1 aliphatic rings. The topological polar surface area (TPSA) is 27.1 Å².